The number of unbranched alkanes of at least 4 members (excludes halogenated alkanes) is 30. The Morgan fingerprint density at radius 1 is 0.509 bits per heavy atom. The lowest BCUT2D eigenvalue weighted by atomic mass is 10.0. The van der Waals surface area contributed by atoms with Gasteiger partial charge in [-0.3, -0.25) is 9.59 Å². The molecule has 0 saturated carbocycles. The molecule has 0 aliphatic heterocycles. The van der Waals surface area contributed by atoms with E-state index in [0.717, 1.165) is 70.6 Å². The molecule has 0 fully saturated rings. The molecule has 2 unspecified atom stereocenters. The topological polar surface area (TPSA) is 95.9 Å². The predicted molar refractivity (Wildman–Crippen MR) is 227 cm³/mol. The highest BCUT2D eigenvalue weighted by Gasteiger charge is 2.20. The Bertz CT molecular complexity index is 787. The average Bonchev–Trinajstić information content (AvgIpc) is 3.16. The van der Waals surface area contributed by atoms with Gasteiger partial charge in [-0.2, -0.15) is 0 Å². The first-order chi connectivity index (χ1) is 26.0. The lowest BCUT2D eigenvalue weighted by Gasteiger charge is -2.22. The van der Waals surface area contributed by atoms with E-state index in [1.807, 2.05) is 0 Å². The molecule has 53 heavy (non-hydrogen) atoms. The Morgan fingerprint density at radius 3 is 1.34 bits per heavy atom. The predicted octanol–water partition coefficient (Wildman–Crippen LogP) is 13.4. The Kier molecular flexibility index (Phi) is 42.2. The van der Waals surface area contributed by atoms with Crippen molar-refractivity contribution in [1.82, 2.24) is 5.32 Å². The van der Waals surface area contributed by atoms with E-state index in [-0.39, 0.29) is 18.5 Å². The molecule has 0 rings (SSSR count). The third-order valence-corrected chi connectivity index (χ3v) is 10.8. The van der Waals surface area contributed by atoms with Gasteiger partial charge in [0.15, 0.2) is 0 Å². The van der Waals surface area contributed by atoms with Gasteiger partial charge in [-0.25, -0.2) is 0 Å². The fourth-order valence-corrected chi connectivity index (χ4v) is 7.16. The van der Waals surface area contributed by atoms with Crippen LogP contribution in [-0.4, -0.2) is 47.4 Å². The molecule has 3 N–H and O–H groups in total. The number of rotatable bonds is 43. The molecule has 0 aromatic carbocycles. The zero-order valence-corrected chi connectivity index (χ0v) is 35.5. The van der Waals surface area contributed by atoms with Gasteiger partial charge < -0.3 is 20.3 Å². The summed E-state index contributed by atoms with van der Waals surface area (Å²) in [6.07, 6.45) is 47.5. The standard InChI is InChI=1S/C47H91NO5/c1-3-5-7-9-11-13-14-21-25-29-33-37-41-47(52)53-42-38-34-30-26-22-19-17-15-16-18-20-24-28-32-36-40-46(51)48-44(43-49)45(50)39-35-31-27-23-12-10-8-6-4-2/h17,19,44-45,49-50H,3-16,18,20-43H2,1-2H3,(H,48,51)/b19-17-. The molecule has 1 amide bonds. The van der Waals surface area contributed by atoms with Crippen LogP contribution in [0.1, 0.15) is 251 Å². The van der Waals surface area contributed by atoms with Crippen molar-refractivity contribution in [3.05, 3.63) is 12.2 Å². The molecule has 314 valence electrons. The van der Waals surface area contributed by atoms with Crippen LogP contribution in [-0.2, 0) is 14.3 Å². The van der Waals surface area contributed by atoms with Crippen molar-refractivity contribution in [2.24, 2.45) is 0 Å². The van der Waals surface area contributed by atoms with E-state index in [0.29, 0.717) is 25.9 Å². The summed E-state index contributed by atoms with van der Waals surface area (Å²) in [4.78, 5) is 24.3. The highest BCUT2D eigenvalue weighted by molar-refractivity contribution is 5.76. The molecule has 6 nitrogen and oxygen atoms in total. The normalized spacial score (nSPS) is 12.8. The Labute approximate surface area is 329 Å². The lowest BCUT2D eigenvalue weighted by Crippen LogP contribution is -2.45. The molecule has 0 radical (unpaired) electrons. The maximum atomic E-state index is 12.4. The van der Waals surface area contributed by atoms with E-state index < -0.39 is 12.1 Å². The average molecular weight is 750 g/mol. The minimum Gasteiger partial charge on any atom is -0.466 e. The van der Waals surface area contributed by atoms with Gasteiger partial charge in [0.1, 0.15) is 0 Å². The van der Waals surface area contributed by atoms with Crippen LogP contribution < -0.4 is 5.32 Å². The van der Waals surface area contributed by atoms with Crippen LogP contribution in [0.4, 0.5) is 0 Å². The quantitative estimate of drug-likeness (QED) is 0.0328. The van der Waals surface area contributed by atoms with Crippen molar-refractivity contribution in [1.29, 1.82) is 0 Å². The number of amides is 1. The first kappa shape index (κ1) is 51.6. The van der Waals surface area contributed by atoms with Gasteiger partial charge in [0.2, 0.25) is 5.91 Å². The Balaban J connectivity index is 3.46. The Hall–Kier alpha value is -1.40. The number of esters is 1. The number of carbonyl (C=O) groups excluding carboxylic acids is 2. The first-order valence-electron chi connectivity index (χ1n) is 23.4. The van der Waals surface area contributed by atoms with E-state index in [2.05, 4.69) is 31.3 Å². The summed E-state index contributed by atoms with van der Waals surface area (Å²) in [5.41, 5.74) is 0. The monoisotopic (exact) mass is 750 g/mol. The number of hydrogen-bond donors (Lipinski definition) is 3. The van der Waals surface area contributed by atoms with Crippen LogP contribution in [0.2, 0.25) is 0 Å². The lowest BCUT2D eigenvalue weighted by molar-refractivity contribution is -0.143. The number of allylic oxidation sites excluding steroid dienone is 2. The number of hydrogen-bond acceptors (Lipinski definition) is 5. The van der Waals surface area contributed by atoms with Crippen LogP contribution in [0.25, 0.3) is 0 Å². The van der Waals surface area contributed by atoms with Gasteiger partial charge in [-0.15, -0.1) is 0 Å². The summed E-state index contributed by atoms with van der Waals surface area (Å²) in [6.45, 7) is 4.89. The van der Waals surface area contributed by atoms with Crippen molar-refractivity contribution in [3.63, 3.8) is 0 Å². The molecule has 0 spiro atoms. The minimum atomic E-state index is -0.670. The fourth-order valence-electron chi connectivity index (χ4n) is 7.16. The van der Waals surface area contributed by atoms with E-state index in [1.165, 1.54) is 148 Å². The van der Waals surface area contributed by atoms with E-state index in [9.17, 15) is 19.8 Å². The van der Waals surface area contributed by atoms with Gasteiger partial charge in [-0.05, 0) is 51.4 Å². The molecule has 0 saturated heterocycles. The molecule has 0 aliphatic rings. The van der Waals surface area contributed by atoms with Gasteiger partial charge in [0.05, 0.1) is 25.4 Å². The largest absolute Gasteiger partial charge is 0.466 e. The summed E-state index contributed by atoms with van der Waals surface area (Å²) in [7, 11) is 0. The summed E-state index contributed by atoms with van der Waals surface area (Å²) in [5.74, 6) is -0.0628. The van der Waals surface area contributed by atoms with Crippen molar-refractivity contribution >= 4 is 11.9 Å². The van der Waals surface area contributed by atoms with E-state index in [4.69, 9.17) is 4.74 Å². The van der Waals surface area contributed by atoms with Gasteiger partial charge >= 0.3 is 5.97 Å². The van der Waals surface area contributed by atoms with Gasteiger partial charge in [0, 0.05) is 12.8 Å². The minimum absolute atomic E-state index is 0.00995. The zero-order valence-electron chi connectivity index (χ0n) is 35.5. The first-order valence-corrected chi connectivity index (χ1v) is 23.4. The highest BCUT2D eigenvalue weighted by Crippen LogP contribution is 2.15. The van der Waals surface area contributed by atoms with Crippen LogP contribution in [0.15, 0.2) is 12.2 Å². The molecular formula is C47H91NO5. The van der Waals surface area contributed by atoms with Crippen molar-refractivity contribution in [3.8, 4) is 0 Å². The van der Waals surface area contributed by atoms with Crippen LogP contribution in [0.5, 0.6) is 0 Å². The maximum absolute atomic E-state index is 12.4. The third-order valence-electron chi connectivity index (χ3n) is 10.8. The van der Waals surface area contributed by atoms with Crippen molar-refractivity contribution < 1.29 is 24.5 Å². The number of ether oxygens (including phenoxy) is 1. The summed E-state index contributed by atoms with van der Waals surface area (Å²) >= 11 is 0. The molecule has 0 bridgehead atoms. The van der Waals surface area contributed by atoms with E-state index in [1.54, 1.807) is 0 Å². The SMILES string of the molecule is CCCCCCCCCCCCCCC(=O)OCCCCCC/C=C\CCCCCCCCCC(=O)NC(CO)C(O)CCCCCCCCCCC. The van der Waals surface area contributed by atoms with Gasteiger partial charge in [0.25, 0.3) is 0 Å². The second kappa shape index (κ2) is 43.3. The molecule has 6 heteroatoms. The van der Waals surface area contributed by atoms with E-state index >= 15 is 0 Å². The third kappa shape index (κ3) is 40.1. The number of aliphatic hydroxyl groups is 2. The molecule has 0 aromatic heterocycles. The molecule has 2 atom stereocenters. The Morgan fingerprint density at radius 2 is 0.887 bits per heavy atom. The molecule has 0 heterocycles. The smallest absolute Gasteiger partial charge is 0.305 e. The van der Waals surface area contributed by atoms with Gasteiger partial charge in [-0.1, -0.05) is 199 Å². The maximum Gasteiger partial charge on any atom is 0.305 e. The van der Waals surface area contributed by atoms with Crippen molar-refractivity contribution in [2.45, 2.75) is 264 Å². The fraction of sp³-hybridized carbons (Fsp3) is 0.915. The van der Waals surface area contributed by atoms with Crippen LogP contribution >= 0.6 is 0 Å². The summed E-state index contributed by atoms with van der Waals surface area (Å²) < 4.78 is 5.44. The zero-order chi connectivity index (χ0) is 38.7. The second-order valence-corrected chi connectivity index (χ2v) is 16.1. The highest BCUT2D eigenvalue weighted by atomic mass is 16.5. The van der Waals surface area contributed by atoms with Crippen molar-refractivity contribution in [2.75, 3.05) is 13.2 Å². The van der Waals surface area contributed by atoms with Crippen LogP contribution in [0.3, 0.4) is 0 Å². The van der Waals surface area contributed by atoms with Crippen LogP contribution in [0, 0.1) is 0 Å². The second-order valence-electron chi connectivity index (χ2n) is 16.1. The molecule has 0 aromatic rings. The number of carbonyl (C=O) groups is 2. The molecular weight excluding hydrogens is 659 g/mol. The molecule has 0 aliphatic carbocycles. The number of aliphatic hydroxyl groups excluding tert-OH is 2. The number of nitrogens with one attached hydrogen (secondary N) is 1. The summed E-state index contributed by atoms with van der Waals surface area (Å²) in [5, 5.41) is 23.0. The summed E-state index contributed by atoms with van der Waals surface area (Å²) in [6, 6.07) is -0.549.